The zero-order valence-corrected chi connectivity index (χ0v) is 13.6. The van der Waals surface area contributed by atoms with Gasteiger partial charge < -0.3 is 4.90 Å². The molecule has 1 amide bonds. The number of hydrogen-bond acceptors (Lipinski definition) is 4. The Morgan fingerprint density at radius 2 is 1.87 bits per heavy atom. The number of carbonyl (C=O) groups excluding carboxylic acids is 2. The van der Waals surface area contributed by atoms with Gasteiger partial charge in [-0.1, -0.05) is 24.6 Å². The summed E-state index contributed by atoms with van der Waals surface area (Å²) in [5.41, 5.74) is -0.392. The summed E-state index contributed by atoms with van der Waals surface area (Å²) >= 11 is 0. The predicted molar refractivity (Wildman–Crippen MR) is 83.4 cm³/mol. The first-order valence-electron chi connectivity index (χ1n) is 8.07. The summed E-state index contributed by atoms with van der Waals surface area (Å²) in [5, 5.41) is -1.13. The molecule has 1 spiro atoms. The molecule has 3 fully saturated rings. The van der Waals surface area contributed by atoms with Crippen molar-refractivity contribution in [1.82, 2.24) is 4.90 Å². The number of rotatable bonds is 2. The van der Waals surface area contributed by atoms with Gasteiger partial charge in [0.05, 0.1) is 10.4 Å². The Morgan fingerprint density at radius 1 is 1.13 bits per heavy atom. The van der Waals surface area contributed by atoms with E-state index in [1.165, 1.54) is 12.1 Å². The third-order valence-corrected chi connectivity index (χ3v) is 7.91. The van der Waals surface area contributed by atoms with E-state index >= 15 is 0 Å². The Hall–Kier alpha value is -1.69. The second kappa shape index (κ2) is 4.90. The average Bonchev–Trinajstić information content (AvgIpc) is 3.01. The number of hydrogen-bond donors (Lipinski definition) is 0. The highest BCUT2D eigenvalue weighted by Gasteiger charge is 2.60. The van der Waals surface area contributed by atoms with Crippen LogP contribution in [0.4, 0.5) is 0 Å². The van der Waals surface area contributed by atoms with Gasteiger partial charge in [-0.2, -0.15) is 0 Å². The quantitative estimate of drug-likeness (QED) is 0.824. The topological polar surface area (TPSA) is 71.5 Å². The van der Waals surface area contributed by atoms with Crippen LogP contribution in [0.2, 0.25) is 0 Å². The van der Waals surface area contributed by atoms with Gasteiger partial charge in [-0.25, -0.2) is 8.42 Å². The first-order valence-corrected chi connectivity index (χ1v) is 9.62. The highest BCUT2D eigenvalue weighted by Crippen LogP contribution is 2.52. The predicted octanol–water partition coefficient (Wildman–Crippen LogP) is 1.57. The summed E-state index contributed by atoms with van der Waals surface area (Å²) in [4.78, 5) is 26.9. The molecule has 5 nitrogen and oxygen atoms in total. The van der Waals surface area contributed by atoms with Gasteiger partial charge in [0.1, 0.15) is 5.25 Å². The number of piperidine rings is 1. The molecule has 2 aliphatic heterocycles. The summed E-state index contributed by atoms with van der Waals surface area (Å²) in [7, 11) is -3.75. The lowest BCUT2D eigenvalue weighted by Crippen LogP contribution is -2.59. The molecule has 1 unspecified atom stereocenters. The minimum atomic E-state index is -3.75. The average molecular weight is 333 g/mol. The second-order valence-corrected chi connectivity index (χ2v) is 9.02. The highest BCUT2D eigenvalue weighted by molar-refractivity contribution is 7.92. The van der Waals surface area contributed by atoms with E-state index in [1.807, 2.05) is 0 Å². The molecule has 2 saturated heterocycles. The van der Waals surface area contributed by atoms with Gasteiger partial charge in [0, 0.05) is 19.4 Å². The van der Waals surface area contributed by atoms with Crippen molar-refractivity contribution >= 4 is 21.5 Å². The third kappa shape index (κ3) is 2.00. The molecule has 0 N–H and O–H groups in total. The first kappa shape index (κ1) is 14.9. The molecule has 1 aromatic rings. The standard InChI is InChI=1S/C17H19NO4S/c19-14-10-17-8-4-5-12(17)9-16(20)18(17)11-15(14)23(21,22)13-6-2-1-3-7-13/h1-3,6-7,12,15H,4-5,8-11H2/t12-,15?,17+/m1/s1. The van der Waals surface area contributed by atoms with Crippen molar-refractivity contribution in [3.05, 3.63) is 30.3 Å². The fourth-order valence-electron chi connectivity index (χ4n) is 4.68. The maximum atomic E-state index is 12.8. The van der Waals surface area contributed by atoms with Crippen molar-refractivity contribution in [3.8, 4) is 0 Å². The molecular formula is C17H19NO4S. The molecule has 1 aliphatic carbocycles. The normalized spacial score (nSPS) is 33.7. The molecule has 1 aromatic carbocycles. The van der Waals surface area contributed by atoms with Crippen LogP contribution in [0.1, 0.15) is 32.1 Å². The van der Waals surface area contributed by atoms with Crippen LogP contribution in [-0.2, 0) is 19.4 Å². The second-order valence-electron chi connectivity index (χ2n) is 6.89. The van der Waals surface area contributed by atoms with Crippen molar-refractivity contribution < 1.29 is 18.0 Å². The number of ketones is 1. The van der Waals surface area contributed by atoms with Crippen molar-refractivity contribution in [2.24, 2.45) is 5.92 Å². The SMILES string of the molecule is O=C1C[C@@]23CCC[C@@H]2CC(=O)N3CC1S(=O)(=O)c1ccccc1. The van der Waals surface area contributed by atoms with Crippen molar-refractivity contribution in [2.75, 3.05) is 6.54 Å². The summed E-state index contributed by atoms with van der Waals surface area (Å²) < 4.78 is 25.6. The Bertz CT molecular complexity index is 773. The Balaban J connectivity index is 1.71. The molecule has 0 radical (unpaired) electrons. The van der Waals surface area contributed by atoms with Crippen LogP contribution in [0.25, 0.3) is 0 Å². The molecule has 3 aliphatic rings. The van der Waals surface area contributed by atoms with Gasteiger partial charge in [0.15, 0.2) is 15.6 Å². The van der Waals surface area contributed by atoms with E-state index in [9.17, 15) is 18.0 Å². The number of carbonyl (C=O) groups is 2. The molecule has 0 bridgehead atoms. The van der Waals surface area contributed by atoms with Crippen LogP contribution in [0, 0.1) is 5.92 Å². The number of Topliss-reactive ketones (excluding diaryl/α,β-unsaturated/α-hetero) is 1. The number of sulfone groups is 1. The van der Waals surface area contributed by atoms with Crippen LogP contribution in [0.5, 0.6) is 0 Å². The van der Waals surface area contributed by atoms with Crippen LogP contribution in [0.15, 0.2) is 35.2 Å². The largest absolute Gasteiger partial charge is 0.334 e. The molecule has 4 rings (SSSR count). The lowest BCUT2D eigenvalue weighted by atomic mass is 9.80. The Kier molecular flexibility index (Phi) is 3.17. The molecule has 3 atom stereocenters. The summed E-state index contributed by atoms with van der Waals surface area (Å²) in [6.45, 7) is 0.0192. The summed E-state index contributed by atoms with van der Waals surface area (Å²) in [6, 6.07) is 8.06. The zero-order valence-electron chi connectivity index (χ0n) is 12.8. The van der Waals surface area contributed by atoms with Crippen molar-refractivity contribution in [1.29, 1.82) is 0 Å². The minimum absolute atomic E-state index is 0.00969. The molecular weight excluding hydrogens is 314 g/mol. The lowest BCUT2D eigenvalue weighted by Gasteiger charge is -2.44. The third-order valence-electron chi connectivity index (χ3n) is 5.82. The monoisotopic (exact) mass is 333 g/mol. The van der Waals surface area contributed by atoms with E-state index in [0.29, 0.717) is 6.42 Å². The maximum absolute atomic E-state index is 12.8. The van der Waals surface area contributed by atoms with E-state index in [1.54, 1.807) is 23.1 Å². The van der Waals surface area contributed by atoms with E-state index in [-0.39, 0.29) is 35.5 Å². The van der Waals surface area contributed by atoms with Crippen LogP contribution in [0.3, 0.4) is 0 Å². The first-order chi connectivity index (χ1) is 10.9. The molecule has 23 heavy (non-hydrogen) atoms. The van der Waals surface area contributed by atoms with E-state index in [0.717, 1.165) is 19.3 Å². The minimum Gasteiger partial charge on any atom is -0.334 e. The highest BCUT2D eigenvalue weighted by atomic mass is 32.2. The van der Waals surface area contributed by atoms with Gasteiger partial charge in [-0.05, 0) is 30.9 Å². The van der Waals surface area contributed by atoms with E-state index in [4.69, 9.17) is 0 Å². The Labute approximate surface area is 135 Å². The summed E-state index contributed by atoms with van der Waals surface area (Å²) in [5.74, 6) is 0.00138. The molecule has 0 aromatic heterocycles. The fraction of sp³-hybridized carbons (Fsp3) is 0.529. The maximum Gasteiger partial charge on any atom is 0.223 e. The van der Waals surface area contributed by atoms with E-state index < -0.39 is 20.6 Å². The van der Waals surface area contributed by atoms with Gasteiger partial charge in [-0.15, -0.1) is 0 Å². The van der Waals surface area contributed by atoms with Crippen LogP contribution < -0.4 is 0 Å². The number of nitrogens with zero attached hydrogens (tertiary/aromatic N) is 1. The molecule has 1 saturated carbocycles. The van der Waals surface area contributed by atoms with E-state index in [2.05, 4.69) is 0 Å². The molecule has 6 heteroatoms. The van der Waals surface area contributed by atoms with Gasteiger partial charge in [-0.3, -0.25) is 9.59 Å². The molecule has 122 valence electrons. The van der Waals surface area contributed by atoms with Crippen LogP contribution in [-0.4, -0.2) is 42.3 Å². The fourth-order valence-corrected chi connectivity index (χ4v) is 6.32. The molecule has 2 heterocycles. The Morgan fingerprint density at radius 3 is 2.61 bits per heavy atom. The van der Waals surface area contributed by atoms with Crippen LogP contribution >= 0.6 is 0 Å². The van der Waals surface area contributed by atoms with Gasteiger partial charge >= 0.3 is 0 Å². The van der Waals surface area contributed by atoms with Gasteiger partial charge in [0.25, 0.3) is 0 Å². The van der Waals surface area contributed by atoms with Gasteiger partial charge in [0.2, 0.25) is 5.91 Å². The van der Waals surface area contributed by atoms with Crippen molar-refractivity contribution in [3.63, 3.8) is 0 Å². The van der Waals surface area contributed by atoms with Crippen molar-refractivity contribution in [2.45, 2.75) is 47.8 Å². The summed E-state index contributed by atoms with van der Waals surface area (Å²) in [6.07, 6.45) is 3.46. The number of amides is 1. The smallest absolute Gasteiger partial charge is 0.223 e. The lowest BCUT2D eigenvalue weighted by molar-refractivity contribution is -0.137. The zero-order chi connectivity index (χ0) is 16.2. The number of benzene rings is 1.